The Morgan fingerprint density at radius 3 is 2.53 bits per heavy atom. The molecule has 5 rings (SSSR count). The number of hydrogen-bond donors (Lipinski definition) is 3. The van der Waals surface area contributed by atoms with E-state index in [1.165, 1.54) is 25.3 Å². The molecule has 34 heavy (non-hydrogen) atoms. The molecular weight excluding hydrogens is 436 g/mol. The zero-order valence-electron chi connectivity index (χ0n) is 19.4. The quantitative estimate of drug-likeness (QED) is 0.530. The minimum Gasteiger partial charge on any atom is -0.351 e. The van der Waals surface area contributed by atoms with Crippen LogP contribution in [0.5, 0.6) is 0 Å². The molecule has 2 heterocycles. The number of fused-ring (bicyclic) bond motifs is 1. The van der Waals surface area contributed by atoms with Gasteiger partial charge in [0.15, 0.2) is 17.3 Å². The highest BCUT2D eigenvalue weighted by Crippen LogP contribution is 2.37. The third kappa shape index (κ3) is 4.85. The summed E-state index contributed by atoms with van der Waals surface area (Å²) in [6.07, 6.45) is 17.4. The maximum absolute atomic E-state index is 14.7. The highest BCUT2D eigenvalue weighted by atomic mass is 19.2. The van der Waals surface area contributed by atoms with Crippen LogP contribution in [0.2, 0.25) is 0 Å². The monoisotopic (exact) mass is 469 g/mol. The van der Waals surface area contributed by atoms with Gasteiger partial charge in [-0.25, -0.2) is 18.7 Å². The molecule has 2 fully saturated rings. The Hall–Kier alpha value is -2.81. The Bertz CT molecular complexity index is 1090. The molecule has 2 aromatic rings. The number of nitrogens with one attached hydrogen (secondary N) is 2. The van der Waals surface area contributed by atoms with Crippen molar-refractivity contribution in [1.29, 1.82) is 0 Å². The van der Waals surface area contributed by atoms with Gasteiger partial charge in [0.05, 0.1) is 6.20 Å². The number of anilines is 2. The van der Waals surface area contributed by atoms with Gasteiger partial charge in [-0.05, 0) is 57.1 Å². The summed E-state index contributed by atoms with van der Waals surface area (Å²) in [4.78, 5) is 14.1. The summed E-state index contributed by atoms with van der Waals surface area (Å²) in [6, 6.07) is -0.415. The summed E-state index contributed by atoms with van der Waals surface area (Å²) < 4.78 is 30.8. The van der Waals surface area contributed by atoms with E-state index in [9.17, 15) is 8.78 Å². The fraction of sp³-hybridized carbons (Fsp3) is 0.560. The Labute approximate surface area is 198 Å². The number of nitrogens with two attached hydrogens (primary N) is 1. The average Bonchev–Trinajstić information content (AvgIpc) is 3.14. The highest BCUT2D eigenvalue weighted by molar-refractivity contribution is 5.75. The van der Waals surface area contributed by atoms with E-state index in [0.29, 0.717) is 41.6 Å². The molecule has 0 spiro atoms. The molecule has 0 aromatic carbocycles. The largest absolute Gasteiger partial charge is 0.351 e. The van der Waals surface area contributed by atoms with E-state index in [-0.39, 0.29) is 6.04 Å². The van der Waals surface area contributed by atoms with Gasteiger partial charge in [-0.3, -0.25) is 4.57 Å². The fourth-order valence-electron chi connectivity index (χ4n) is 5.35. The molecule has 3 aliphatic rings. The van der Waals surface area contributed by atoms with E-state index in [1.807, 2.05) is 0 Å². The van der Waals surface area contributed by atoms with Crippen LogP contribution in [0.3, 0.4) is 0 Å². The van der Waals surface area contributed by atoms with Gasteiger partial charge in [0.25, 0.3) is 0 Å². The Morgan fingerprint density at radius 2 is 1.76 bits per heavy atom. The zero-order valence-corrected chi connectivity index (χ0v) is 19.4. The molecule has 2 aromatic heterocycles. The van der Waals surface area contributed by atoms with Crippen LogP contribution in [0.4, 0.5) is 20.7 Å². The predicted molar refractivity (Wildman–Crippen MR) is 131 cm³/mol. The average molecular weight is 470 g/mol. The second-order valence-corrected chi connectivity index (χ2v) is 9.66. The third-order valence-corrected chi connectivity index (χ3v) is 7.33. The maximum Gasteiger partial charge on any atom is 0.224 e. The summed E-state index contributed by atoms with van der Waals surface area (Å²) in [5.41, 5.74) is 7.26. The van der Waals surface area contributed by atoms with E-state index in [2.05, 4.69) is 20.2 Å². The van der Waals surface area contributed by atoms with Crippen molar-refractivity contribution in [2.45, 2.75) is 75.9 Å². The first-order chi connectivity index (χ1) is 16.6. The molecule has 0 aliphatic heterocycles. The Balaban J connectivity index is 1.49. The molecule has 1 unspecified atom stereocenters. The summed E-state index contributed by atoms with van der Waals surface area (Å²) >= 11 is 0. The van der Waals surface area contributed by atoms with Crippen LogP contribution in [-0.2, 0) is 0 Å². The number of imidazole rings is 1. The molecule has 9 heteroatoms. The molecular formula is C25H33F2N7. The van der Waals surface area contributed by atoms with Gasteiger partial charge in [0.2, 0.25) is 11.9 Å². The van der Waals surface area contributed by atoms with E-state index in [0.717, 1.165) is 44.6 Å². The molecule has 182 valence electrons. The third-order valence-electron chi connectivity index (χ3n) is 7.33. The summed E-state index contributed by atoms with van der Waals surface area (Å²) in [5.74, 6) is -0.146. The molecule has 7 nitrogen and oxygen atoms in total. The molecule has 0 amide bonds. The Morgan fingerprint density at radius 1 is 0.971 bits per heavy atom. The lowest BCUT2D eigenvalue weighted by molar-refractivity contribution is 0.284. The minimum atomic E-state index is -0.946. The van der Waals surface area contributed by atoms with Gasteiger partial charge in [0, 0.05) is 12.1 Å². The summed E-state index contributed by atoms with van der Waals surface area (Å²) in [7, 11) is 0. The van der Waals surface area contributed by atoms with Crippen molar-refractivity contribution in [2.75, 3.05) is 17.2 Å². The SMILES string of the molecule is NCC1CCC(n2c(NC3C=CC=CC(F)=C3F)nc3cnc(NC4CCCCC4)nc32)CC1. The van der Waals surface area contributed by atoms with Crippen molar-refractivity contribution in [3.05, 3.63) is 42.2 Å². The van der Waals surface area contributed by atoms with Crippen molar-refractivity contribution in [3.63, 3.8) is 0 Å². The zero-order chi connectivity index (χ0) is 23.5. The number of aromatic nitrogens is 4. The van der Waals surface area contributed by atoms with Crippen LogP contribution in [0.25, 0.3) is 11.2 Å². The van der Waals surface area contributed by atoms with Gasteiger partial charge in [0.1, 0.15) is 11.6 Å². The lowest BCUT2D eigenvalue weighted by atomic mass is 9.86. The number of hydrogen-bond acceptors (Lipinski definition) is 6. The van der Waals surface area contributed by atoms with Crippen molar-refractivity contribution >= 4 is 23.1 Å². The molecule has 4 N–H and O–H groups in total. The second kappa shape index (κ2) is 10.2. The van der Waals surface area contributed by atoms with E-state index in [4.69, 9.17) is 15.7 Å². The fourth-order valence-corrected chi connectivity index (χ4v) is 5.35. The van der Waals surface area contributed by atoms with Crippen LogP contribution in [-0.4, -0.2) is 38.1 Å². The van der Waals surface area contributed by atoms with Crippen LogP contribution >= 0.6 is 0 Å². The minimum absolute atomic E-state index is 0.150. The predicted octanol–water partition coefficient (Wildman–Crippen LogP) is 5.32. The van der Waals surface area contributed by atoms with Crippen LogP contribution in [0.15, 0.2) is 42.2 Å². The van der Waals surface area contributed by atoms with Gasteiger partial charge in [-0.2, -0.15) is 4.98 Å². The molecule has 3 aliphatic carbocycles. The van der Waals surface area contributed by atoms with Crippen molar-refractivity contribution < 1.29 is 8.78 Å². The second-order valence-electron chi connectivity index (χ2n) is 9.66. The smallest absolute Gasteiger partial charge is 0.224 e. The van der Waals surface area contributed by atoms with Crippen molar-refractivity contribution in [3.8, 4) is 0 Å². The van der Waals surface area contributed by atoms with Gasteiger partial charge in [-0.15, -0.1) is 0 Å². The normalized spacial score (nSPS) is 26.1. The first-order valence-electron chi connectivity index (χ1n) is 12.5. The Kier molecular flexibility index (Phi) is 6.89. The van der Waals surface area contributed by atoms with Crippen LogP contribution in [0.1, 0.15) is 63.8 Å². The van der Waals surface area contributed by atoms with Crippen LogP contribution < -0.4 is 16.4 Å². The van der Waals surface area contributed by atoms with Crippen molar-refractivity contribution in [1.82, 2.24) is 19.5 Å². The molecule has 2 saturated carbocycles. The number of nitrogens with zero attached hydrogens (tertiary/aromatic N) is 4. The van der Waals surface area contributed by atoms with E-state index in [1.54, 1.807) is 18.3 Å². The topological polar surface area (TPSA) is 93.7 Å². The number of rotatable bonds is 6. The molecule has 0 saturated heterocycles. The van der Waals surface area contributed by atoms with Crippen LogP contribution in [0, 0.1) is 5.92 Å². The molecule has 0 bridgehead atoms. The molecule has 0 radical (unpaired) electrons. The summed E-state index contributed by atoms with van der Waals surface area (Å²) in [5, 5.41) is 6.62. The first-order valence-corrected chi connectivity index (χ1v) is 12.5. The lowest BCUT2D eigenvalue weighted by Crippen LogP contribution is -2.26. The molecule has 1 atom stereocenters. The number of halogens is 2. The first kappa shape index (κ1) is 23.0. The van der Waals surface area contributed by atoms with Gasteiger partial charge < -0.3 is 16.4 Å². The standard InChI is InChI=1S/C25H33F2N7/c26-19-8-4-5-9-20(22(19)27)31-25-32-21-15-29-24(30-17-6-2-1-3-7-17)33-23(21)34(25)18-12-10-16(14-28)11-13-18/h4-5,8-9,15-18,20H,1-3,6-7,10-14,28H2,(H,31,32)(H,29,30,33). The lowest BCUT2D eigenvalue weighted by Gasteiger charge is -2.30. The van der Waals surface area contributed by atoms with Gasteiger partial charge >= 0.3 is 0 Å². The van der Waals surface area contributed by atoms with Gasteiger partial charge in [-0.1, -0.05) is 37.5 Å². The van der Waals surface area contributed by atoms with E-state index >= 15 is 0 Å². The van der Waals surface area contributed by atoms with E-state index < -0.39 is 17.7 Å². The summed E-state index contributed by atoms with van der Waals surface area (Å²) in [6.45, 7) is 0.690. The van der Waals surface area contributed by atoms with Crippen molar-refractivity contribution in [2.24, 2.45) is 11.7 Å². The highest BCUT2D eigenvalue weighted by Gasteiger charge is 2.28. The maximum atomic E-state index is 14.7. The number of allylic oxidation sites excluding steroid dienone is 4.